The third kappa shape index (κ3) is 6.37. The Morgan fingerprint density at radius 2 is 1.75 bits per heavy atom. The Morgan fingerprint density at radius 3 is 2.34 bits per heavy atom. The highest BCUT2D eigenvalue weighted by molar-refractivity contribution is 7.90. The fourth-order valence-corrected chi connectivity index (χ4v) is 4.16. The number of aryl methyl sites for hydroxylation is 2. The van der Waals surface area contributed by atoms with E-state index in [9.17, 15) is 13.2 Å². The second-order valence-electron chi connectivity index (χ2n) is 8.02. The molecule has 2 aromatic rings. The quantitative estimate of drug-likeness (QED) is 0.585. The molecule has 0 atom stereocenters. The van der Waals surface area contributed by atoms with Gasteiger partial charge in [0, 0.05) is 20.6 Å². The van der Waals surface area contributed by atoms with Crippen molar-refractivity contribution >= 4 is 21.8 Å². The molecular formula is C23H33N3O5S. The topological polar surface area (TPSA) is 88.2 Å². The molecule has 2 rings (SSSR count). The maximum absolute atomic E-state index is 13.0. The van der Waals surface area contributed by atoms with Crippen molar-refractivity contribution in [2.45, 2.75) is 40.3 Å². The molecule has 9 heteroatoms. The average molecular weight is 464 g/mol. The molecule has 0 spiro atoms. The Morgan fingerprint density at radius 1 is 1.06 bits per heavy atom. The summed E-state index contributed by atoms with van der Waals surface area (Å²) in [7, 11) is 0.573. The van der Waals surface area contributed by atoms with Gasteiger partial charge in [-0.3, -0.25) is 4.79 Å². The Kier molecular flexibility index (Phi) is 8.51. The predicted molar refractivity (Wildman–Crippen MR) is 126 cm³/mol. The van der Waals surface area contributed by atoms with Crippen LogP contribution in [0.5, 0.6) is 11.5 Å². The summed E-state index contributed by atoms with van der Waals surface area (Å²) in [6.07, 6.45) is 0.00385. The lowest BCUT2D eigenvalue weighted by Gasteiger charge is -2.28. The van der Waals surface area contributed by atoms with Crippen LogP contribution in [-0.2, 0) is 21.5 Å². The van der Waals surface area contributed by atoms with Crippen molar-refractivity contribution in [3.8, 4) is 11.5 Å². The summed E-state index contributed by atoms with van der Waals surface area (Å²) in [6, 6.07) is 10.9. The van der Waals surface area contributed by atoms with Gasteiger partial charge in [0.05, 0.1) is 18.9 Å². The summed E-state index contributed by atoms with van der Waals surface area (Å²) in [4.78, 5) is 12.7. The summed E-state index contributed by atoms with van der Waals surface area (Å²) in [5, 5.41) is 2.80. The van der Waals surface area contributed by atoms with Gasteiger partial charge < -0.3 is 14.8 Å². The number of amides is 1. The fraction of sp³-hybridized carbons (Fsp3) is 0.435. The van der Waals surface area contributed by atoms with E-state index in [-0.39, 0.29) is 19.2 Å². The largest absolute Gasteiger partial charge is 0.493 e. The number of benzene rings is 2. The first-order valence-corrected chi connectivity index (χ1v) is 11.7. The fourth-order valence-electron chi connectivity index (χ4n) is 3.04. The Bertz CT molecular complexity index is 1050. The lowest BCUT2D eigenvalue weighted by Crippen LogP contribution is -2.46. The molecule has 0 saturated carbocycles. The van der Waals surface area contributed by atoms with Crippen molar-refractivity contribution < 1.29 is 22.7 Å². The number of carbonyl (C=O) groups excluding carboxylic acids is 1. The van der Waals surface area contributed by atoms with E-state index in [4.69, 9.17) is 9.47 Å². The summed E-state index contributed by atoms with van der Waals surface area (Å²) in [5.74, 6) is 0.770. The number of anilines is 1. The SMILES string of the molecule is COc1cc(CNC(=O)CN(c2cc(C)ccc2C)S(=O)(=O)N(C)C)ccc1OC(C)C. The molecule has 0 aliphatic carbocycles. The number of ether oxygens (including phenoxy) is 2. The first-order chi connectivity index (χ1) is 14.9. The number of nitrogens with zero attached hydrogens (tertiary/aromatic N) is 2. The van der Waals surface area contributed by atoms with Crippen LogP contribution < -0.4 is 19.1 Å². The molecule has 0 aliphatic heterocycles. The van der Waals surface area contributed by atoms with E-state index in [2.05, 4.69) is 5.32 Å². The van der Waals surface area contributed by atoms with E-state index in [0.29, 0.717) is 17.2 Å². The molecule has 0 saturated heterocycles. The van der Waals surface area contributed by atoms with Gasteiger partial charge in [-0.2, -0.15) is 12.7 Å². The minimum absolute atomic E-state index is 0.00385. The third-order valence-electron chi connectivity index (χ3n) is 4.74. The minimum Gasteiger partial charge on any atom is -0.493 e. The molecule has 8 nitrogen and oxygen atoms in total. The number of carbonyl (C=O) groups is 1. The highest BCUT2D eigenvalue weighted by atomic mass is 32.2. The van der Waals surface area contributed by atoms with Crippen LogP contribution in [0.2, 0.25) is 0 Å². The maximum atomic E-state index is 13.0. The minimum atomic E-state index is -3.87. The molecule has 0 aliphatic rings. The van der Waals surface area contributed by atoms with Crippen molar-refractivity contribution in [1.29, 1.82) is 0 Å². The molecule has 32 heavy (non-hydrogen) atoms. The first-order valence-electron chi connectivity index (χ1n) is 10.3. The third-order valence-corrected chi connectivity index (χ3v) is 6.55. The van der Waals surface area contributed by atoms with E-state index >= 15 is 0 Å². The van der Waals surface area contributed by atoms with Crippen molar-refractivity contribution in [1.82, 2.24) is 9.62 Å². The highest BCUT2D eigenvalue weighted by Gasteiger charge is 2.28. The van der Waals surface area contributed by atoms with Gasteiger partial charge in [-0.05, 0) is 62.6 Å². The lowest BCUT2D eigenvalue weighted by atomic mass is 10.1. The zero-order valence-electron chi connectivity index (χ0n) is 19.8. The van der Waals surface area contributed by atoms with Gasteiger partial charge in [0.25, 0.3) is 0 Å². The molecular weight excluding hydrogens is 430 g/mol. The molecule has 0 bridgehead atoms. The van der Waals surface area contributed by atoms with Crippen LogP contribution in [0.3, 0.4) is 0 Å². The van der Waals surface area contributed by atoms with Gasteiger partial charge in [0.1, 0.15) is 6.54 Å². The van der Waals surface area contributed by atoms with Crippen LogP contribution in [0.25, 0.3) is 0 Å². The van der Waals surface area contributed by atoms with E-state index in [1.165, 1.54) is 14.1 Å². The molecule has 0 heterocycles. The van der Waals surface area contributed by atoms with Gasteiger partial charge in [0.2, 0.25) is 5.91 Å². The van der Waals surface area contributed by atoms with Crippen LogP contribution in [0.15, 0.2) is 36.4 Å². The summed E-state index contributed by atoms with van der Waals surface area (Å²) in [5.41, 5.74) is 2.95. The Labute approximate surface area is 191 Å². The van der Waals surface area contributed by atoms with Crippen LogP contribution in [-0.4, -0.2) is 52.5 Å². The monoisotopic (exact) mass is 463 g/mol. The number of rotatable bonds is 10. The molecule has 176 valence electrons. The van der Waals surface area contributed by atoms with Crippen molar-refractivity contribution in [2.75, 3.05) is 32.1 Å². The maximum Gasteiger partial charge on any atom is 0.304 e. The van der Waals surface area contributed by atoms with Gasteiger partial charge in [-0.15, -0.1) is 0 Å². The van der Waals surface area contributed by atoms with Crippen LogP contribution in [0.4, 0.5) is 5.69 Å². The highest BCUT2D eigenvalue weighted by Crippen LogP contribution is 2.29. The smallest absolute Gasteiger partial charge is 0.304 e. The van der Waals surface area contributed by atoms with Gasteiger partial charge in [-0.25, -0.2) is 4.31 Å². The summed E-state index contributed by atoms with van der Waals surface area (Å²) in [6.45, 7) is 7.44. The van der Waals surface area contributed by atoms with E-state index in [1.54, 1.807) is 25.3 Å². The number of hydrogen-bond donors (Lipinski definition) is 1. The van der Waals surface area contributed by atoms with Gasteiger partial charge in [-0.1, -0.05) is 18.2 Å². The zero-order chi connectivity index (χ0) is 24.1. The Hall–Kier alpha value is -2.78. The lowest BCUT2D eigenvalue weighted by molar-refractivity contribution is -0.119. The molecule has 0 aromatic heterocycles. The summed E-state index contributed by atoms with van der Waals surface area (Å²) >= 11 is 0. The van der Waals surface area contributed by atoms with Crippen LogP contribution in [0, 0.1) is 13.8 Å². The van der Waals surface area contributed by atoms with Crippen LogP contribution in [0.1, 0.15) is 30.5 Å². The van der Waals surface area contributed by atoms with Crippen molar-refractivity contribution in [2.24, 2.45) is 0 Å². The summed E-state index contributed by atoms with van der Waals surface area (Å²) < 4.78 is 39.2. The number of methoxy groups -OCH3 is 1. The first kappa shape index (κ1) is 25.5. The standard InChI is InChI=1S/C23H33N3O5S/c1-16(2)31-21-11-10-19(13-22(21)30-7)14-24-23(27)15-26(32(28,29)25(5)6)20-12-17(3)8-9-18(20)4/h8-13,16H,14-15H2,1-7H3,(H,24,27). The Balaban J connectivity index is 2.20. The van der Waals surface area contributed by atoms with Gasteiger partial charge in [0.15, 0.2) is 11.5 Å². The number of nitrogens with one attached hydrogen (secondary N) is 1. The molecule has 0 fully saturated rings. The van der Waals surface area contributed by atoms with E-state index < -0.39 is 16.1 Å². The van der Waals surface area contributed by atoms with E-state index in [1.807, 2.05) is 45.9 Å². The van der Waals surface area contributed by atoms with Crippen molar-refractivity contribution in [3.63, 3.8) is 0 Å². The zero-order valence-corrected chi connectivity index (χ0v) is 20.6. The van der Waals surface area contributed by atoms with Crippen LogP contribution >= 0.6 is 0 Å². The predicted octanol–water partition coefficient (Wildman–Crippen LogP) is 3.03. The molecule has 1 N–H and O–H groups in total. The van der Waals surface area contributed by atoms with E-state index in [0.717, 1.165) is 25.3 Å². The second kappa shape index (κ2) is 10.7. The molecule has 2 aromatic carbocycles. The average Bonchev–Trinajstić information content (AvgIpc) is 2.72. The molecule has 0 radical (unpaired) electrons. The second-order valence-corrected chi connectivity index (χ2v) is 10.1. The molecule has 1 amide bonds. The number of hydrogen-bond acceptors (Lipinski definition) is 5. The van der Waals surface area contributed by atoms with Gasteiger partial charge >= 0.3 is 10.2 Å². The molecule has 0 unspecified atom stereocenters. The normalized spacial score (nSPS) is 11.5. The van der Waals surface area contributed by atoms with Crippen molar-refractivity contribution in [3.05, 3.63) is 53.1 Å².